The fourth-order valence-corrected chi connectivity index (χ4v) is 3.85. The van der Waals surface area contributed by atoms with Crippen molar-refractivity contribution in [2.24, 2.45) is 12.0 Å². The van der Waals surface area contributed by atoms with E-state index >= 15 is 0 Å². The summed E-state index contributed by atoms with van der Waals surface area (Å²) in [5, 5.41) is 6.89. The van der Waals surface area contributed by atoms with Gasteiger partial charge in [-0.3, -0.25) is 9.48 Å². The van der Waals surface area contributed by atoms with Crippen molar-refractivity contribution >= 4 is 23.5 Å². The molecule has 0 fully saturated rings. The average molecular weight is 398 g/mol. The second kappa shape index (κ2) is 7.47. The lowest BCUT2D eigenvalue weighted by Crippen LogP contribution is -2.22. The van der Waals surface area contributed by atoms with Crippen LogP contribution in [0.3, 0.4) is 0 Å². The van der Waals surface area contributed by atoms with Crippen molar-refractivity contribution in [1.82, 2.24) is 15.1 Å². The molecule has 4 rings (SSSR count). The molecule has 1 aromatic carbocycles. The summed E-state index contributed by atoms with van der Waals surface area (Å²) in [6.07, 6.45) is 2.35. The van der Waals surface area contributed by atoms with Gasteiger partial charge in [0.15, 0.2) is 5.82 Å². The number of amides is 1. The maximum atomic E-state index is 14.0. The molecule has 0 atom stereocenters. The Kier molecular flexibility index (Phi) is 4.87. The molecule has 1 amide bonds. The zero-order valence-electron chi connectivity index (χ0n) is 14.9. The lowest BCUT2D eigenvalue weighted by Gasteiger charge is -2.09. The monoisotopic (exact) mass is 398 g/mol. The number of aliphatic imine (C=N–C) groups is 1. The highest BCUT2D eigenvalue weighted by molar-refractivity contribution is 7.17. The number of hydrogen-bond donors (Lipinski definition) is 1. The van der Waals surface area contributed by atoms with Crippen LogP contribution in [0.4, 0.5) is 8.78 Å². The lowest BCUT2D eigenvalue weighted by molar-refractivity contribution is 0.0968. The Morgan fingerprint density at radius 1 is 1.21 bits per heavy atom. The van der Waals surface area contributed by atoms with Crippen molar-refractivity contribution in [3.05, 3.63) is 64.8 Å². The third-order valence-electron chi connectivity index (χ3n) is 4.31. The molecule has 1 N–H and O–H groups in total. The van der Waals surface area contributed by atoms with Gasteiger partial charge in [-0.25, -0.2) is 13.8 Å². The number of rotatable bonds is 4. The van der Waals surface area contributed by atoms with Gasteiger partial charge in [-0.15, -0.1) is 11.3 Å². The largest absolute Gasteiger partial charge is 0.304 e. The molecular formula is C20H16F2N4OS. The molecule has 1 aliphatic heterocycles. The molecule has 0 unspecified atom stereocenters. The van der Waals surface area contributed by atoms with Gasteiger partial charge >= 0.3 is 0 Å². The minimum atomic E-state index is -0.422. The van der Waals surface area contributed by atoms with Gasteiger partial charge in [0.1, 0.15) is 11.6 Å². The zero-order valence-corrected chi connectivity index (χ0v) is 15.8. The second-order valence-corrected chi connectivity index (χ2v) is 7.32. The number of nitrogens with zero attached hydrogens (tertiary/aromatic N) is 3. The van der Waals surface area contributed by atoms with Gasteiger partial charge in [-0.2, -0.15) is 5.10 Å². The number of aryl methyl sites for hydroxylation is 1. The quantitative estimate of drug-likeness (QED) is 0.693. The Hall–Kier alpha value is -3.13. The van der Waals surface area contributed by atoms with Crippen molar-refractivity contribution in [1.29, 1.82) is 0 Å². The molecule has 0 saturated carbocycles. The van der Waals surface area contributed by atoms with E-state index in [2.05, 4.69) is 15.4 Å². The van der Waals surface area contributed by atoms with Gasteiger partial charge < -0.3 is 5.32 Å². The third-order valence-corrected chi connectivity index (χ3v) is 5.42. The molecule has 0 aliphatic carbocycles. The third kappa shape index (κ3) is 3.50. The molecule has 0 spiro atoms. The predicted octanol–water partition coefficient (Wildman–Crippen LogP) is 4.69. The SMILES string of the molecule is Cn1nc(-c2ccccc2F)cc1-c1ccc(C(=O)NC2=C(F)CCC=N2)s1. The molecule has 28 heavy (non-hydrogen) atoms. The lowest BCUT2D eigenvalue weighted by atomic mass is 10.1. The van der Waals surface area contributed by atoms with Gasteiger partial charge in [0.05, 0.1) is 21.1 Å². The summed E-state index contributed by atoms with van der Waals surface area (Å²) >= 11 is 1.25. The second-order valence-electron chi connectivity index (χ2n) is 6.24. The van der Waals surface area contributed by atoms with Crippen molar-refractivity contribution in [2.45, 2.75) is 12.8 Å². The molecule has 0 saturated heterocycles. The van der Waals surface area contributed by atoms with Crippen LogP contribution in [0.15, 0.2) is 59.1 Å². The summed E-state index contributed by atoms with van der Waals surface area (Å²) in [5.41, 5.74) is 1.68. The van der Waals surface area contributed by atoms with Gasteiger partial charge in [0.2, 0.25) is 0 Å². The zero-order chi connectivity index (χ0) is 19.7. The van der Waals surface area contributed by atoms with Crippen molar-refractivity contribution in [3.8, 4) is 21.8 Å². The van der Waals surface area contributed by atoms with Crippen LogP contribution in [0, 0.1) is 5.82 Å². The van der Waals surface area contributed by atoms with E-state index in [4.69, 9.17) is 0 Å². The number of benzene rings is 1. The molecule has 3 heterocycles. The normalized spacial score (nSPS) is 13.8. The van der Waals surface area contributed by atoms with Crippen LogP contribution in [-0.4, -0.2) is 21.9 Å². The number of thiophene rings is 1. The Labute approximate surface area is 164 Å². The van der Waals surface area contributed by atoms with Gasteiger partial charge in [0.25, 0.3) is 5.91 Å². The molecule has 142 valence electrons. The molecule has 5 nitrogen and oxygen atoms in total. The molecule has 8 heteroatoms. The van der Waals surface area contributed by atoms with Crippen LogP contribution in [0.1, 0.15) is 22.5 Å². The Morgan fingerprint density at radius 2 is 2.04 bits per heavy atom. The summed E-state index contributed by atoms with van der Waals surface area (Å²) in [4.78, 5) is 17.5. The maximum absolute atomic E-state index is 14.0. The van der Waals surface area contributed by atoms with Crippen LogP contribution in [0.2, 0.25) is 0 Å². The summed E-state index contributed by atoms with van der Waals surface area (Å²) < 4.78 is 29.4. The van der Waals surface area contributed by atoms with E-state index in [-0.39, 0.29) is 18.1 Å². The number of nitrogens with one attached hydrogen (secondary N) is 1. The predicted molar refractivity (Wildman–Crippen MR) is 105 cm³/mol. The van der Waals surface area contributed by atoms with Gasteiger partial charge in [-0.1, -0.05) is 12.1 Å². The van der Waals surface area contributed by atoms with Gasteiger partial charge in [-0.05, 0) is 36.8 Å². The number of carbonyl (C=O) groups excluding carboxylic acids is 1. The van der Waals surface area contributed by atoms with E-state index in [1.54, 1.807) is 54.3 Å². The van der Waals surface area contributed by atoms with Crippen LogP contribution in [0.25, 0.3) is 21.8 Å². The first kappa shape index (κ1) is 18.2. The minimum Gasteiger partial charge on any atom is -0.304 e. The number of halogens is 2. The molecule has 2 aromatic heterocycles. The highest BCUT2D eigenvalue weighted by Crippen LogP contribution is 2.32. The van der Waals surface area contributed by atoms with Crippen LogP contribution < -0.4 is 5.32 Å². The topological polar surface area (TPSA) is 59.3 Å². The molecule has 0 radical (unpaired) electrons. The van der Waals surface area contributed by atoms with E-state index in [1.807, 2.05) is 0 Å². The molecule has 3 aromatic rings. The van der Waals surface area contributed by atoms with Crippen LogP contribution >= 0.6 is 11.3 Å². The number of carbonyl (C=O) groups is 1. The van der Waals surface area contributed by atoms with E-state index in [9.17, 15) is 13.6 Å². The van der Waals surface area contributed by atoms with Crippen molar-refractivity contribution in [2.75, 3.05) is 0 Å². The molecule has 0 bridgehead atoms. The highest BCUT2D eigenvalue weighted by atomic mass is 32.1. The van der Waals surface area contributed by atoms with Crippen LogP contribution in [0.5, 0.6) is 0 Å². The minimum absolute atomic E-state index is 0.0337. The van der Waals surface area contributed by atoms with E-state index < -0.39 is 11.7 Å². The molecule has 1 aliphatic rings. The average Bonchev–Trinajstić information content (AvgIpc) is 3.31. The number of allylic oxidation sites excluding steroid dienone is 1. The first-order chi connectivity index (χ1) is 13.5. The van der Waals surface area contributed by atoms with Gasteiger partial charge in [0, 0.05) is 25.2 Å². The van der Waals surface area contributed by atoms with Crippen LogP contribution in [-0.2, 0) is 7.05 Å². The van der Waals surface area contributed by atoms with E-state index in [0.717, 1.165) is 10.6 Å². The summed E-state index contributed by atoms with van der Waals surface area (Å²) in [5.74, 6) is -1.22. The summed E-state index contributed by atoms with van der Waals surface area (Å²) in [6, 6.07) is 11.7. The first-order valence-electron chi connectivity index (χ1n) is 8.64. The smallest absolute Gasteiger partial charge is 0.266 e. The molecular weight excluding hydrogens is 382 g/mol. The van der Waals surface area contributed by atoms with E-state index in [1.165, 1.54) is 17.4 Å². The number of hydrogen-bond acceptors (Lipinski definition) is 4. The van der Waals surface area contributed by atoms with Crippen molar-refractivity contribution < 1.29 is 13.6 Å². The fraction of sp³-hybridized carbons (Fsp3) is 0.150. The Morgan fingerprint density at radius 3 is 2.82 bits per heavy atom. The highest BCUT2D eigenvalue weighted by Gasteiger charge is 2.18. The van der Waals surface area contributed by atoms with Crippen molar-refractivity contribution in [3.63, 3.8) is 0 Å². The maximum Gasteiger partial charge on any atom is 0.266 e. The number of aromatic nitrogens is 2. The summed E-state index contributed by atoms with van der Waals surface area (Å²) in [7, 11) is 1.76. The fourth-order valence-electron chi connectivity index (χ4n) is 2.90. The Balaban J connectivity index is 1.59. The standard InChI is InChI=1S/C20H16F2N4OS/c1-26-16(11-15(25-26)12-5-2-3-6-13(12)21)17-8-9-18(28-17)20(27)24-19-14(22)7-4-10-23-19/h2-3,5-6,8-11H,4,7H2,1H3,(H,24,27). The Bertz CT molecular complexity index is 1110. The first-order valence-corrected chi connectivity index (χ1v) is 9.46. The summed E-state index contributed by atoms with van der Waals surface area (Å²) in [6.45, 7) is 0. The van der Waals surface area contributed by atoms with E-state index in [0.29, 0.717) is 22.6 Å².